The lowest BCUT2D eigenvalue weighted by molar-refractivity contribution is -0.252. The molecule has 2 fully saturated rings. The first-order valence-electron chi connectivity index (χ1n) is 13.5. The van der Waals surface area contributed by atoms with Crippen LogP contribution < -0.4 is 5.32 Å². The molecule has 5 rings (SSSR count). The van der Waals surface area contributed by atoms with E-state index < -0.39 is 35.9 Å². The zero-order valence-corrected chi connectivity index (χ0v) is 22.5. The minimum absolute atomic E-state index is 0.0473. The summed E-state index contributed by atoms with van der Waals surface area (Å²) >= 11 is 0. The Balaban J connectivity index is 1.34. The Morgan fingerprint density at radius 3 is 2.55 bits per heavy atom. The van der Waals surface area contributed by atoms with Crippen molar-refractivity contribution in [2.45, 2.75) is 64.0 Å². The molecule has 1 aliphatic heterocycles. The topological polar surface area (TPSA) is 93.9 Å². The standard InChI is InChI=1S/C29H32F3N3O5/c1-17-5-9-20(30)16-23(17)34-28-33-22-12-8-19(25(31)26(22)39-28)15-24(36)29(32,35-13-3-4-14-35)40-21-10-6-18(7-11-21)27(37)38-2/h5,8-9,12,16,18,21H,3-4,6-7,10-11,13-15H2,1-2H3,(H,33,34)/t18-,21-,29?. The number of hydrogen-bond donors (Lipinski definition) is 1. The average molecular weight is 560 g/mol. The van der Waals surface area contributed by atoms with Gasteiger partial charge in [0.1, 0.15) is 11.3 Å². The van der Waals surface area contributed by atoms with Crippen molar-refractivity contribution < 1.29 is 36.7 Å². The molecule has 1 aliphatic carbocycles. The van der Waals surface area contributed by atoms with Gasteiger partial charge in [0.2, 0.25) is 5.78 Å². The maximum absolute atomic E-state index is 16.5. The third kappa shape index (κ3) is 5.71. The fourth-order valence-electron chi connectivity index (χ4n) is 5.44. The number of oxazole rings is 1. The highest BCUT2D eigenvalue weighted by Gasteiger charge is 2.49. The molecule has 0 spiro atoms. The molecule has 1 N–H and O–H groups in total. The van der Waals surface area contributed by atoms with E-state index in [-0.39, 0.29) is 34.6 Å². The molecular formula is C29H32F3N3O5. The Labute approximate surface area is 229 Å². The fraction of sp³-hybridized carbons (Fsp3) is 0.483. The maximum atomic E-state index is 16.5. The average Bonchev–Trinajstić information content (AvgIpc) is 3.63. The van der Waals surface area contributed by atoms with E-state index >= 15 is 8.78 Å². The minimum atomic E-state index is -2.72. The zero-order chi connectivity index (χ0) is 28.4. The van der Waals surface area contributed by atoms with Crippen LogP contribution in [0.4, 0.5) is 24.9 Å². The van der Waals surface area contributed by atoms with Gasteiger partial charge >= 0.3 is 11.9 Å². The quantitative estimate of drug-likeness (QED) is 0.262. The number of methoxy groups -OCH3 is 1. The Kier molecular flexibility index (Phi) is 8.14. The summed E-state index contributed by atoms with van der Waals surface area (Å²) in [5.74, 6) is -5.48. The van der Waals surface area contributed by atoms with Gasteiger partial charge in [0.05, 0.1) is 19.1 Å². The number of anilines is 2. The molecule has 1 aromatic heterocycles. The van der Waals surface area contributed by atoms with Crippen LogP contribution in [0.25, 0.3) is 11.1 Å². The van der Waals surface area contributed by atoms with Gasteiger partial charge < -0.3 is 19.2 Å². The van der Waals surface area contributed by atoms with Crippen molar-refractivity contribution in [1.82, 2.24) is 9.88 Å². The number of likely N-dealkylation sites (tertiary alicyclic amines) is 1. The van der Waals surface area contributed by atoms with Crippen LogP contribution in [0.3, 0.4) is 0 Å². The molecule has 0 bridgehead atoms. The third-order valence-corrected chi connectivity index (χ3v) is 7.76. The number of ether oxygens (including phenoxy) is 2. The van der Waals surface area contributed by atoms with Crippen LogP contribution in [-0.4, -0.2) is 53.9 Å². The smallest absolute Gasteiger partial charge is 0.330 e. The Morgan fingerprint density at radius 2 is 1.85 bits per heavy atom. The van der Waals surface area contributed by atoms with Gasteiger partial charge in [-0.2, -0.15) is 9.37 Å². The number of hydrogen-bond acceptors (Lipinski definition) is 8. The monoisotopic (exact) mass is 559 g/mol. The van der Waals surface area contributed by atoms with Gasteiger partial charge in [-0.05, 0) is 74.8 Å². The SMILES string of the molecule is COC(=O)[C@H]1CC[C@H](OC(F)(C(=O)Cc2ccc3nc(Nc4cc(F)ccc4C)oc3c2F)N2CCCC2)CC1. The van der Waals surface area contributed by atoms with Crippen molar-refractivity contribution in [3.05, 3.63) is 53.1 Å². The summed E-state index contributed by atoms with van der Waals surface area (Å²) in [5.41, 5.74) is 1.08. The van der Waals surface area contributed by atoms with Gasteiger partial charge in [0, 0.05) is 25.2 Å². The van der Waals surface area contributed by atoms with Gasteiger partial charge in [-0.25, -0.2) is 13.7 Å². The van der Waals surface area contributed by atoms with Crippen LogP contribution in [0.15, 0.2) is 34.7 Å². The van der Waals surface area contributed by atoms with Crippen molar-refractivity contribution in [3.63, 3.8) is 0 Å². The molecule has 3 aromatic rings. The predicted molar refractivity (Wildman–Crippen MR) is 141 cm³/mol. The van der Waals surface area contributed by atoms with Gasteiger partial charge in [0.25, 0.3) is 6.01 Å². The molecule has 8 nitrogen and oxygen atoms in total. The summed E-state index contributed by atoms with van der Waals surface area (Å²) in [6.07, 6.45) is 2.09. The number of esters is 1. The van der Waals surface area contributed by atoms with Crippen LogP contribution in [0.5, 0.6) is 0 Å². The second-order valence-corrected chi connectivity index (χ2v) is 10.5. The number of fused-ring (bicyclic) bond motifs is 1. The number of aromatic nitrogens is 1. The summed E-state index contributed by atoms with van der Waals surface area (Å²) in [5, 5.41) is 2.84. The van der Waals surface area contributed by atoms with E-state index in [4.69, 9.17) is 13.9 Å². The Morgan fingerprint density at radius 1 is 1.12 bits per heavy atom. The van der Waals surface area contributed by atoms with Gasteiger partial charge in [0.15, 0.2) is 11.4 Å². The number of rotatable bonds is 9. The lowest BCUT2D eigenvalue weighted by Gasteiger charge is -2.37. The second kappa shape index (κ2) is 11.6. The number of alkyl halides is 1. The Hall–Kier alpha value is -3.44. The number of ketones is 1. The largest absolute Gasteiger partial charge is 0.469 e. The first-order valence-corrected chi connectivity index (χ1v) is 13.5. The summed E-state index contributed by atoms with van der Waals surface area (Å²) in [4.78, 5) is 30.9. The zero-order valence-electron chi connectivity index (χ0n) is 22.5. The molecule has 40 heavy (non-hydrogen) atoms. The van der Waals surface area contributed by atoms with Crippen molar-refractivity contribution in [3.8, 4) is 0 Å². The molecule has 1 saturated carbocycles. The number of nitrogens with one attached hydrogen (secondary N) is 1. The molecule has 1 unspecified atom stereocenters. The number of nitrogens with zero attached hydrogens (tertiary/aromatic N) is 2. The first kappa shape index (κ1) is 28.1. The van der Waals surface area contributed by atoms with E-state index in [1.165, 1.54) is 36.3 Å². The van der Waals surface area contributed by atoms with Gasteiger partial charge in [-0.3, -0.25) is 9.59 Å². The number of carbonyl (C=O) groups is 2. The number of aryl methyl sites for hydroxylation is 1. The molecule has 1 saturated heterocycles. The first-order chi connectivity index (χ1) is 19.2. The van der Waals surface area contributed by atoms with Crippen molar-refractivity contribution in [1.29, 1.82) is 0 Å². The molecule has 2 aromatic carbocycles. The molecular weight excluding hydrogens is 527 g/mol. The van der Waals surface area contributed by atoms with E-state index in [0.29, 0.717) is 44.5 Å². The Bertz CT molecular complexity index is 1400. The third-order valence-electron chi connectivity index (χ3n) is 7.76. The molecule has 214 valence electrons. The van der Waals surface area contributed by atoms with E-state index in [1.807, 2.05) is 0 Å². The van der Waals surface area contributed by atoms with Gasteiger partial charge in [-0.1, -0.05) is 12.1 Å². The number of Topliss-reactive ketones (excluding diaryl/α,β-unsaturated/α-hetero) is 1. The lowest BCUT2D eigenvalue weighted by Crippen LogP contribution is -2.54. The molecule has 1 atom stereocenters. The van der Waals surface area contributed by atoms with E-state index in [2.05, 4.69) is 10.3 Å². The summed E-state index contributed by atoms with van der Waals surface area (Å²) < 4.78 is 61.9. The predicted octanol–water partition coefficient (Wildman–Crippen LogP) is 5.74. The van der Waals surface area contributed by atoms with Crippen molar-refractivity contribution >= 4 is 34.6 Å². The number of benzene rings is 2. The van der Waals surface area contributed by atoms with Crippen molar-refractivity contribution in [2.75, 3.05) is 25.5 Å². The highest BCUT2D eigenvalue weighted by molar-refractivity contribution is 5.88. The molecule has 2 aliphatic rings. The fourth-order valence-corrected chi connectivity index (χ4v) is 5.44. The minimum Gasteiger partial charge on any atom is -0.469 e. The van der Waals surface area contributed by atoms with Crippen LogP contribution in [0.2, 0.25) is 0 Å². The molecule has 0 amide bonds. The number of halogens is 3. The highest BCUT2D eigenvalue weighted by Crippen LogP contribution is 2.35. The van der Waals surface area contributed by atoms with Crippen LogP contribution in [0, 0.1) is 24.5 Å². The van der Waals surface area contributed by atoms with E-state index in [1.54, 1.807) is 13.0 Å². The van der Waals surface area contributed by atoms with Crippen LogP contribution in [-0.2, 0) is 25.5 Å². The molecule has 0 radical (unpaired) electrons. The van der Waals surface area contributed by atoms with E-state index in [9.17, 15) is 14.0 Å². The summed E-state index contributed by atoms with van der Waals surface area (Å²) in [6.45, 7) is 2.46. The lowest BCUT2D eigenvalue weighted by atomic mass is 9.87. The normalized spacial score (nSPS) is 21.3. The highest BCUT2D eigenvalue weighted by atomic mass is 19.2. The summed E-state index contributed by atoms with van der Waals surface area (Å²) in [6, 6.07) is 6.99. The maximum Gasteiger partial charge on any atom is 0.330 e. The molecule has 2 heterocycles. The second-order valence-electron chi connectivity index (χ2n) is 10.5. The summed E-state index contributed by atoms with van der Waals surface area (Å²) in [7, 11) is 1.33. The van der Waals surface area contributed by atoms with E-state index in [0.717, 1.165) is 18.4 Å². The van der Waals surface area contributed by atoms with Crippen LogP contribution >= 0.6 is 0 Å². The van der Waals surface area contributed by atoms with Crippen molar-refractivity contribution in [2.24, 2.45) is 5.92 Å². The molecule has 11 heteroatoms. The van der Waals surface area contributed by atoms with Crippen LogP contribution in [0.1, 0.15) is 49.7 Å². The number of carbonyl (C=O) groups excluding carboxylic acids is 2. The van der Waals surface area contributed by atoms with Gasteiger partial charge in [-0.15, -0.1) is 0 Å².